The minimum absolute atomic E-state index is 0.808. The molecular formula is C12H16N2. The molecule has 2 nitrogen and oxygen atoms in total. The first-order valence-electron chi connectivity index (χ1n) is 4.74. The second kappa shape index (κ2) is 5.22. The lowest BCUT2D eigenvalue weighted by molar-refractivity contribution is 0.796. The predicted octanol–water partition coefficient (Wildman–Crippen LogP) is 2.74. The molecule has 0 N–H and O–H groups in total. The summed E-state index contributed by atoms with van der Waals surface area (Å²) in [5, 5.41) is 0. The van der Waals surface area contributed by atoms with Crippen LogP contribution in [-0.2, 0) is 13.0 Å². The molecule has 0 saturated heterocycles. The monoisotopic (exact) mass is 188 g/mol. The van der Waals surface area contributed by atoms with Crippen molar-refractivity contribution in [2.45, 2.75) is 19.9 Å². The summed E-state index contributed by atoms with van der Waals surface area (Å²) >= 11 is 0. The van der Waals surface area contributed by atoms with Gasteiger partial charge in [0, 0.05) is 12.7 Å². The Morgan fingerprint density at radius 1 is 1.57 bits per heavy atom. The Balaban J connectivity index is 2.71. The highest BCUT2D eigenvalue weighted by atomic mass is 15.0. The second-order valence-corrected chi connectivity index (χ2v) is 3.07. The first kappa shape index (κ1) is 10.5. The van der Waals surface area contributed by atoms with Crippen molar-refractivity contribution in [3.63, 3.8) is 0 Å². The third-order valence-electron chi connectivity index (χ3n) is 2.01. The van der Waals surface area contributed by atoms with Crippen LogP contribution in [0.2, 0.25) is 0 Å². The quantitative estimate of drug-likeness (QED) is 0.650. The molecule has 1 rings (SSSR count). The zero-order valence-electron chi connectivity index (χ0n) is 8.61. The van der Waals surface area contributed by atoms with Gasteiger partial charge in [-0.1, -0.05) is 38.3 Å². The van der Waals surface area contributed by atoms with Crippen LogP contribution in [0.25, 0.3) is 0 Å². The number of aromatic nitrogens is 2. The fourth-order valence-corrected chi connectivity index (χ4v) is 1.22. The van der Waals surface area contributed by atoms with Crippen LogP contribution in [-0.4, -0.2) is 9.55 Å². The van der Waals surface area contributed by atoms with Crippen molar-refractivity contribution in [3.8, 4) is 0 Å². The Morgan fingerprint density at radius 2 is 2.36 bits per heavy atom. The van der Waals surface area contributed by atoms with E-state index in [4.69, 9.17) is 0 Å². The average Bonchev–Trinajstić information content (AvgIpc) is 2.65. The van der Waals surface area contributed by atoms with Crippen LogP contribution in [0.1, 0.15) is 12.6 Å². The Kier molecular flexibility index (Phi) is 3.92. The van der Waals surface area contributed by atoms with E-state index < -0.39 is 0 Å². The van der Waals surface area contributed by atoms with Gasteiger partial charge in [0.2, 0.25) is 0 Å². The zero-order valence-corrected chi connectivity index (χ0v) is 8.61. The van der Waals surface area contributed by atoms with Crippen LogP contribution in [0.3, 0.4) is 0 Å². The largest absolute Gasteiger partial charge is 0.333 e. The Bertz CT molecular complexity index is 345. The van der Waals surface area contributed by atoms with Crippen molar-refractivity contribution in [1.29, 1.82) is 0 Å². The molecule has 1 aromatic heterocycles. The summed E-state index contributed by atoms with van der Waals surface area (Å²) in [5.41, 5.74) is 2.26. The van der Waals surface area contributed by atoms with E-state index in [0.29, 0.717) is 0 Å². The molecule has 14 heavy (non-hydrogen) atoms. The third kappa shape index (κ3) is 2.73. The third-order valence-corrected chi connectivity index (χ3v) is 2.01. The van der Waals surface area contributed by atoms with Gasteiger partial charge < -0.3 is 4.57 Å². The highest BCUT2D eigenvalue weighted by Gasteiger charge is 1.96. The van der Waals surface area contributed by atoms with Crippen LogP contribution in [0.4, 0.5) is 0 Å². The van der Waals surface area contributed by atoms with Crippen LogP contribution < -0.4 is 0 Å². The maximum Gasteiger partial charge on any atom is 0.0952 e. The van der Waals surface area contributed by atoms with Gasteiger partial charge in [-0.05, 0) is 12.0 Å². The fraction of sp³-hybridized carbons (Fsp3) is 0.250. The van der Waals surface area contributed by atoms with E-state index in [1.807, 2.05) is 18.5 Å². The predicted molar refractivity (Wildman–Crippen MR) is 60.1 cm³/mol. The lowest BCUT2D eigenvalue weighted by atomic mass is 10.2. The maximum absolute atomic E-state index is 4.26. The Labute approximate surface area is 85.3 Å². The summed E-state index contributed by atoms with van der Waals surface area (Å²) in [6.45, 7) is 10.3. The van der Waals surface area contributed by atoms with Crippen molar-refractivity contribution in [3.05, 3.63) is 55.2 Å². The number of rotatable bonds is 5. The highest BCUT2D eigenvalue weighted by Crippen LogP contribution is 2.03. The highest BCUT2D eigenvalue weighted by molar-refractivity contribution is 5.21. The molecule has 0 aliphatic carbocycles. The van der Waals surface area contributed by atoms with Crippen molar-refractivity contribution >= 4 is 0 Å². The number of aryl methyl sites for hydroxylation is 1. The first-order chi connectivity index (χ1) is 6.80. The average molecular weight is 188 g/mol. The second-order valence-electron chi connectivity index (χ2n) is 3.07. The van der Waals surface area contributed by atoms with Crippen molar-refractivity contribution in [2.75, 3.05) is 0 Å². The van der Waals surface area contributed by atoms with Gasteiger partial charge in [0.1, 0.15) is 0 Å². The molecule has 1 aromatic rings. The summed E-state index contributed by atoms with van der Waals surface area (Å²) in [5.74, 6) is 0. The minimum Gasteiger partial charge on any atom is -0.333 e. The first-order valence-corrected chi connectivity index (χ1v) is 4.74. The van der Waals surface area contributed by atoms with Crippen molar-refractivity contribution < 1.29 is 0 Å². The number of hydrogen-bond acceptors (Lipinski definition) is 1. The molecule has 1 heterocycles. The Hall–Kier alpha value is -1.57. The minimum atomic E-state index is 0.808. The molecule has 0 saturated carbocycles. The van der Waals surface area contributed by atoms with Crippen LogP contribution in [0, 0.1) is 0 Å². The maximum atomic E-state index is 4.26. The summed E-state index contributed by atoms with van der Waals surface area (Å²) < 4.78 is 2.05. The molecule has 0 aromatic carbocycles. The normalized spacial score (nSPS) is 11.4. The van der Waals surface area contributed by atoms with Crippen LogP contribution in [0.5, 0.6) is 0 Å². The summed E-state index contributed by atoms with van der Waals surface area (Å²) in [6, 6.07) is 0. The van der Waals surface area contributed by atoms with Gasteiger partial charge in [-0.25, -0.2) is 4.98 Å². The van der Waals surface area contributed by atoms with Gasteiger partial charge in [-0.3, -0.25) is 0 Å². The molecular weight excluding hydrogens is 172 g/mol. The molecule has 0 radical (unpaired) electrons. The van der Waals surface area contributed by atoms with E-state index in [-0.39, 0.29) is 0 Å². The molecule has 0 bridgehead atoms. The van der Waals surface area contributed by atoms with Gasteiger partial charge in [-0.15, -0.1) is 0 Å². The molecule has 74 valence electrons. The molecule has 0 atom stereocenters. The molecule has 0 fully saturated rings. The van der Waals surface area contributed by atoms with E-state index in [2.05, 4.69) is 35.8 Å². The standard InChI is InChI=1S/C12H16N2/c1-4-7-11(5-2)8-14-9-12(6-3)13-10-14/h4-5,7,9-10H,1-2,6,8H2,3H3/b11-7+. The summed E-state index contributed by atoms with van der Waals surface area (Å²) in [7, 11) is 0. The number of imidazole rings is 1. The number of nitrogens with zero attached hydrogens (tertiary/aromatic N) is 2. The molecule has 2 heteroatoms. The van der Waals surface area contributed by atoms with Crippen LogP contribution in [0.15, 0.2) is 49.5 Å². The van der Waals surface area contributed by atoms with Crippen LogP contribution >= 0.6 is 0 Å². The van der Waals surface area contributed by atoms with E-state index in [9.17, 15) is 0 Å². The molecule has 0 aliphatic heterocycles. The van der Waals surface area contributed by atoms with Gasteiger partial charge >= 0.3 is 0 Å². The fourth-order valence-electron chi connectivity index (χ4n) is 1.22. The lowest BCUT2D eigenvalue weighted by Crippen LogP contribution is -1.95. The summed E-state index contributed by atoms with van der Waals surface area (Å²) in [4.78, 5) is 4.26. The number of allylic oxidation sites excluding steroid dienone is 4. The molecule has 0 spiro atoms. The van der Waals surface area contributed by atoms with Gasteiger partial charge in [-0.2, -0.15) is 0 Å². The topological polar surface area (TPSA) is 17.8 Å². The van der Waals surface area contributed by atoms with Gasteiger partial charge in [0.25, 0.3) is 0 Å². The molecule has 0 unspecified atom stereocenters. The van der Waals surface area contributed by atoms with E-state index in [1.165, 1.54) is 0 Å². The SMILES string of the molecule is C=C/C=C(\C=C)Cn1cnc(CC)c1. The van der Waals surface area contributed by atoms with Crippen molar-refractivity contribution in [2.24, 2.45) is 0 Å². The summed E-state index contributed by atoms with van der Waals surface area (Å²) in [6.07, 6.45) is 10.4. The van der Waals surface area contributed by atoms with E-state index in [0.717, 1.165) is 24.2 Å². The van der Waals surface area contributed by atoms with E-state index >= 15 is 0 Å². The van der Waals surface area contributed by atoms with Gasteiger partial charge in [0.05, 0.1) is 12.0 Å². The zero-order chi connectivity index (χ0) is 10.4. The van der Waals surface area contributed by atoms with E-state index in [1.54, 1.807) is 6.08 Å². The Morgan fingerprint density at radius 3 is 2.86 bits per heavy atom. The molecule has 0 amide bonds. The van der Waals surface area contributed by atoms with Crippen molar-refractivity contribution in [1.82, 2.24) is 9.55 Å². The van der Waals surface area contributed by atoms with Gasteiger partial charge in [0.15, 0.2) is 0 Å². The number of hydrogen-bond donors (Lipinski definition) is 0. The smallest absolute Gasteiger partial charge is 0.0952 e. The lowest BCUT2D eigenvalue weighted by Gasteiger charge is -2.01. The molecule has 0 aliphatic rings.